The lowest BCUT2D eigenvalue weighted by Crippen LogP contribution is -2.23. The van der Waals surface area contributed by atoms with Crippen molar-refractivity contribution in [3.63, 3.8) is 0 Å². The second-order valence-corrected chi connectivity index (χ2v) is 16.2. The molecule has 1 aromatic carbocycles. The van der Waals surface area contributed by atoms with E-state index in [4.69, 9.17) is 21.6 Å². The summed E-state index contributed by atoms with van der Waals surface area (Å²) in [5.41, 5.74) is 6.92. The number of benzene rings is 1. The molecule has 2 saturated carbocycles. The molecule has 57 heavy (non-hydrogen) atoms. The molecular weight excluding hydrogens is 742 g/mol. The molecular formula is C41H44ClN13O2. The number of rotatable bonds is 11. The zero-order valence-electron chi connectivity index (χ0n) is 32.2. The van der Waals surface area contributed by atoms with Crippen molar-refractivity contribution in [1.82, 2.24) is 55.1 Å². The molecule has 1 amide bonds. The molecule has 7 heterocycles. The molecule has 0 bridgehead atoms. The second kappa shape index (κ2) is 15.2. The number of aromatic nitrogens is 10. The van der Waals surface area contributed by atoms with Crippen molar-refractivity contribution in [2.75, 3.05) is 36.0 Å². The van der Waals surface area contributed by atoms with Crippen LogP contribution in [0.5, 0.6) is 0 Å². The van der Waals surface area contributed by atoms with Crippen molar-refractivity contribution in [2.45, 2.75) is 53.2 Å². The van der Waals surface area contributed by atoms with E-state index in [9.17, 15) is 9.59 Å². The SMILES string of the molecule is CC(=O)c1cnn(Cc2ccc(N3CC4CC4C3)nc2C)c1.Cc1nc(N2CC3CC3C2)ccc1Cn1cc(C(=O)NCc2cc(Cl)ccc2-n2cnnn2)cn1. The van der Waals surface area contributed by atoms with E-state index in [0.717, 1.165) is 95.3 Å². The number of carbonyl (C=O) groups is 2. The first-order chi connectivity index (χ1) is 27.6. The number of hydrogen-bond donors (Lipinski definition) is 1. The van der Waals surface area contributed by atoms with Crippen LogP contribution in [0.3, 0.4) is 0 Å². The maximum Gasteiger partial charge on any atom is 0.254 e. The summed E-state index contributed by atoms with van der Waals surface area (Å²) in [6.07, 6.45) is 11.0. The highest BCUT2D eigenvalue weighted by Gasteiger charge is 2.46. The van der Waals surface area contributed by atoms with E-state index in [1.165, 1.54) is 23.9 Å². The highest BCUT2D eigenvalue weighted by Crippen LogP contribution is 2.46. The smallest absolute Gasteiger partial charge is 0.254 e. The predicted octanol–water partition coefficient (Wildman–Crippen LogP) is 4.94. The van der Waals surface area contributed by atoms with Crippen LogP contribution in [0.4, 0.5) is 11.6 Å². The zero-order valence-corrected chi connectivity index (χ0v) is 32.9. The number of pyridine rings is 2. The van der Waals surface area contributed by atoms with Crippen LogP contribution in [0.25, 0.3) is 5.69 Å². The Hall–Kier alpha value is -5.96. The molecule has 10 rings (SSSR count). The van der Waals surface area contributed by atoms with Crippen molar-refractivity contribution in [2.24, 2.45) is 23.7 Å². The number of nitrogens with zero attached hydrogens (tertiary/aromatic N) is 12. The van der Waals surface area contributed by atoms with Gasteiger partial charge in [-0.05, 0) is 115 Å². The van der Waals surface area contributed by atoms with Crippen LogP contribution < -0.4 is 15.1 Å². The predicted molar refractivity (Wildman–Crippen MR) is 214 cm³/mol. The Labute approximate surface area is 335 Å². The van der Waals surface area contributed by atoms with Crippen LogP contribution in [0, 0.1) is 37.5 Å². The Balaban J connectivity index is 0.000000165. The van der Waals surface area contributed by atoms with Crippen molar-refractivity contribution >= 4 is 34.9 Å². The van der Waals surface area contributed by atoms with Crippen LogP contribution in [0.15, 0.2) is 73.6 Å². The first-order valence-corrected chi connectivity index (χ1v) is 19.8. The van der Waals surface area contributed by atoms with Crippen LogP contribution in [-0.2, 0) is 19.6 Å². The average molecular weight is 786 g/mol. The number of piperidine rings is 2. The maximum absolute atomic E-state index is 12.8. The maximum atomic E-state index is 12.8. The van der Waals surface area contributed by atoms with E-state index in [2.05, 4.69) is 65.1 Å². The van der Waals surface area contributed by atoms with Gasteiger partial charge in [-0.2, -0.15) is 10.2 Å². The van der Waals surface area contributed by atoms with Crippen LogP contribution in [0.1, 0.15) is 68.6 Å². The van der Waals surface area contributed by atoms with Gasteiger partial charge in [-0.15, -0.1) is 5.10 Å². The first-order valence-electron chi connectivity index (χ1n) is 19.4. The van der Waals surface area contributed by atoms with Gasteiger partial charge < -0.3 is 15.1 Å². The van der Waals surface area contributed by atoms with Crippen LogP contribution in [-0.4, -0.2) is 87.6 Å². The molecule has 0 spiro atoms. The average Bonchev–Trinajstić information content (AvgIpc) is 3.69. The molecule has 292 valence electrons. The zero-order chi connectivity index (χ0) is 39.2. The van der Waals surface area contributed by atoms with E-state index in [1.807, 2.05) is 19.9 Å². The number of fused-ring (bicyclic) bond motifs is 2. The highest BCUT2D eigenvalue weighted by atomic mass is 35.5. The van der Waals surface area contributed by atoms with Crippen LogP contribution in [0.2, 0.25) is 5.02 Å². The number of hydrogen-bond acceptors (Lipinski definition) is 11. The molecule has 5 aromatic heterocycles. The molecule has 4 fully saturated rings. The minimum Gasteiger partial charge on any atom is -0.356 e. The normalized spacial score (nSPS) is 20.1. The Morgan fingerprint density at radius 2 is 1.32 bits per heavy atom. The number of aryl methyl sites for hydroxylation is 2. The standard InChI is InChI=1S/C24H24ClN9O.C17H20N4O/c1-15-16(2-5-23(29-15)32-10-18-6-19(18)11-32)12-33-13-20(9-28-33)24(35)26-8-17-7-21(25)3-4-22(17)34-14-27-30-31-34;1-11-13(9-21-10-16(6-18-21)12(2)22)3-4-17(19-11)20-7-14-5-15(14)8-20/h2-5,7,9,13-14,18-19H,6,8,10-12H2,1H3,(H,26,35);3-4,6,10,14-15H,5,7-9H2,1-2H3. The quantitative estimate of drug-likeness (QED) is 0.178. The van der Waals surface area contributed by atoms with Gasteiger partial charge >= 0.3 is 0 Å². The summed E-state index contributed by atoms with van der Waals surface area (Å²) in [6.45, 7) is 11.7. The third-order valence-corrected chi connectivity index (χ3v) is 11.9. The fourth-order valence-electron chi connectivity index (χ4n) is 8.03. The van der Waals surface area contributed by atoms with E-state index in [1.54, 1.807) is 53.2 Å². The van der Waals surface area contributed by atoms with Gasteiger partial charge in [0, 0.05) is 61.5 Å². The third-order valence-electron chi connectivity index (χ3n) is 11.6. The second-order valence-electron chi connectivity index (χ2n) is 15.8. The summed E-state index contributed by atoms with van der Waals surface area (Å²) < 4.78 is 5.09. The molecule has 2 aliphatic heterocycles. The van der Waals surface area contributed by atoms with Gasteiger partial charge in [0.15, 0.2) is 5.78 Å². The number of halogens is 1. The minimum atomic E-state index is -0.225. The van der Waals surface area contributed by atoms with E-state index < -0.39 is 0 Å². The Bertz CT molecular complexity index is 2420. The largest absolute Gasteiger partial charge is 0.356 e. The van der Waals surface area contributed by atoms with E-state index in [0.29, 0.717) is 29.2 Å². The number of amides is 1. The van der Waals surface area contributed by atoms with Gasteiger partial charge in [-0.25, -0.2) is 14.6 Å². The Morgan fingerprint density at radius 3 is 1.82 bits per heavy atom. The molecule has 6 aromatic rings. The minimum absolute atomic E-state index is 0.0454. The topological polar surface area (TPSA) is 158 Å². The molecule has 0 radical (unpaired) electrons. The van der Waals surface area contributed by atoms with E-state index >= 15 is 0 Å². The number of ketones is 1. The summed E-state index contributed by atoms with van der Waals surface area (Å²) in [4.78, 5) is 38.5. The lowest BCUT2D eigenvalue weighted by Gasteiger charge is -2.20. The van der Waals surface area contributed by atoms with Crippen molar-refractivity contribution < 1.29 is 9.59 Å². The molecule has 4 atom stereocenters. The van der Waals surface area contributed by atoms with Gasteiger partial charge in [-0.3, -0.25) is 19.0 Å². The monoisotopic (exact) mass is 785 g/mol. The molecule has 4 aliphatic rings. The van der Waals surface area contributed by atoms with Crippen molar-refractivity contribution in [3.8, 4) is 5.69 Å². The number of tetrazole rings is 1. The number of carbonyl (C=O) groups excluding carboxylic acids is 2. The molecule has 16 heteroatoms. The highest BCUT2D eigenvalue weighted by molar-refractivity contribution is 6.30. The van der Waals surface area contributed by atoms with Gasteiger partial charge in [0.1, 0.15) is 18.0 Å². The fraction of sp³-hybridized carbons (Fsp3) is 0.390. The van der Waals surface area contributed by atoms with E-state index in [-0.39, 0.29) is 18.2 Å². The lowest BCUT2D eigenvalue weighted by atomic mass is 10.1. The summed E-state index contributed by atoms with van der Waals surface area (Å²) in [7, 11) is 0. The van der Waals surface area contributed by atoms with Crippen molar-refractivity contribution in [3.05, 3.63) is 118 Å². The number of Topliss-reactive ketones (excluding diaryl/α,β-unsaturated/α-hetero) is 1. The first kappa shape index (κ1) is 36.7. The molecule has 2 saturated heterocycles. The molecule has 1 N–H and O–H groups in total. The van der Waals surface area contributed by atoms with Gasteiger partial charge in [0.25, 0.3) is 5.91 Å². The van der Waals surface area contributed by atoms with Crippen molar-refractivity contribution in [1.29, 1.82) is 0 Å². The van der Waals surface area contributed by atoms with Gasteiger partial charge in [0.2, 0.25) is 0 Å². The summed E-state index contributed by atoms with van der Waals surface area (Å²) in [5, 5.41) is 23.4. The van der Waals surface area contributed by atoms with Crippen LogP contribution >= 0.6 is 11.6 Å². The summed E-state index contributed by atoms with van der Waals surface area (Å²) in [5.74, 6) is 5.54. The van der Waals surface area contributed by atoms with Gasteiger partial charge in [-0.1, -0.05) is 23.7 Å². The molecule has 2 aliphatic carbocycles. The van der Waals surface area contributed by atoms with Gasteiger partial charge in [0.05, 0.1) is 42.3 Å². The number of anilines is 2. The molecule has 4 unspecified atom stereocenters. The summed E-state index contributed by atoms with van der Waals surface area (Å²) >= 11 is 6.16. The lowest BCUT2D eigenvalue weighted by molar-refractivity contribution is 0.0949. The number of nitrogens with one attached hydrogen (secondary N) is 1. The Morgan fingerprint density at radius 1 is 0.754 bits per heavy atom. The Kier molecular flexibility index (Phi) is 9.76. The summed E-state index contributed by atoms with van der Waals surface area (Å²) in [6, 6.07) is 13.8. The fourth-order valence-corrected chi connectivity index (χ4v) is 8.22. The third kappa shape index (κ3) is 8.15. The molecule has 15 nitrogen and oxygen atoms in total.